The number of hydrogen-bond donors (Lipinski definition) is 1. The van der Waals surface area contributed by atoms with E-state index in [0.717, 1.165) is 11.1 Å². The minimum atomic E-state index is -0.424. The average Bonchev–Trinajstić information content (AvgIpc) is 3.34. The normalized spacial score (nSPS) is 11.6. The molecule has 0 spiro atoms. The third-order valence-corrected chi connectivity index (χ3v) is 4.72. The van der Waals surface area contributed by atoms with E-state index in [9.17, 15) is 9.59 Å². The molecule has 0 aliphatic rings. The SMILES string of the molecule is Cc1ccc(Cn2c(=O)c3c(nc(NN=Cc4ccco4)n3C)n(C)c2=O)cc1. The molecule has 0 amide bonds. The van der Waals surface area contributed by atoms with Gasteiger partial charge in [0.25, 0.3) is 5.56 Å². The first-order chi connectivity index (χ1) is 14.0. The van der Waals surface area contributed by atoms with Crippen molar-refractivity contribution in [2.45, 2.75) is 13.5 Å². The van der Waals surface area contributed by atoms with E-state index in [1.165, 1.54) is 15.3 Å². The number of aromatic nitrogens is 4. The van der Waals surface area contributed by atoms with Gasteiger partial charge in [-0.3, -0.25) is 13.9 Å². The second-order valence-electron chi connectivity index (χ2n) is 6.77. The molecule has 3 heterocycles. The van der Waals surface area contributed by atoms with Crippen molar-refractivity contribution in [3.8, 4) is 0 Å². The molecule has 3 aromatic heterocycles. The van der Waals surface area contributed by atoms with Gasteiger partial charge in [-0.25, -0.2) is 10.2 Å². The number of benzene rings is 1. The minimum absolute atomic E-state index is 0.187. The zero-order valence-corrected chi connectivity index (χ0v) is 16.3. The molecule has 148 valence electrons. The number of hydrogen-bond acceptors (Lipinski definition) is 6. The predicted octanol–water partition coefficient (Wildman–Crippen LogP) is 1.83. The smallest absolute Gasteiger partial charge is 0.332 e. The Balaban J connectivity index is 1.75. The summed E-state index contributed by atoms with van der Waals surface area (Å²) >= 11 is 0. The molecule has 0 unspecified atom stereocenters. The van der Waals surface area contributed by atoms with Crippen LogP contribution in [0.3, 0.4) is 0 Å². The van der Waals surface area contributed by atoms with E-state index in [-0.39, 0.29) is 6.54 Å². The Morgan fingerprint density at radius 3 is 2.59 bits per heavy atom. The first-order valence-electron chi connectivity index (χ1n) is 9.00. The summed E-state index contributed by atoms with van der Waals surface area (Å²) in [5.74, 6) is 0.909. The van der Waals surface area contributed by atoms with Crippen molar-refractivity contribution in [2.75, 3.05) is 5.43 Å². The van der Waals surface area contributed by atoms with E-state index in [1.807, 2.05) is 31.2 Å². The van der Waals surface area contributed by atoms with Gasteiger partial charge in [-0.15, -0.1) is 0 Å². The molecule has 0 atom stereocenters. The standard InChI is InChI=1S/C20H20N6O3/c1-13-6-8-14(9-7-13)12-26-18(27)16-17(25(3)20(26)28)22-19(24(16)2)23-21-11-15-5-4-10-29-15/h4-11H,12H2,1-3H3,(H,22,23). The molecule has 29 heavy (non-hydrogen) atoms. The van der Waals surface area contributed by atoms with Gasteiger partial charge in [-0.2, -0.15) is 10.1 Å². The topological polar surface area (TPSA) is 99.3 Å². The zero-order valence-electron chi connectivity index (χ0n) is 16.3. The molecule has 4 rings (SSSR count). The lowest BCUT2D eigenvalue weighted by atomic mass is 10.1. The lowest BCUT2D eigenvalue weighted by molar-refractivity contribution is 0.560. The zero-order chi connectivity index (χ0) is 20.5. The van der Waals surface area contributed by atoms with Gasteiger partial charge in [0.05, 0.1) is 19.0 Å². The number of rotatable bonds is 5. The molecule has 9 heteroatoms. The summed E-state index contributed by atoms with van der Waals surface area (Å²) < 4.78 is 9.34. The highest BCUT2D eigenvalue weighted by Crippen LogP contribution is 2.14. The molecule has 9 nitrogen and oxygen atoms in total. The maximum Gasteiger partial charge on any atom is 0.332 e. The highest BCUT2D eigenvalue weighted by Gasteiger charge is 2.18. The van der Waals surface area contributed by atoms with Gasteiger partial charge in [0.15, 0.2) is 11.2 Å². The highest BCUT2D eigenvalue weighted by molar-refractivity contribution is 5.77. The van der Waals surface area contributed by atoms with E-state index >= 15 is 0 Å². The van der Waals surface area contributed by atoms with Gasteiger partial charge in [0, 0.05) is 14.1 Å². The fraction of sp³-hybridized carbons (Fsp3) is 0.200. The number of furan rings is 1. The highest BCUT2D eigenvalue weighted by atomic mass is 16.3. The molecular weight excluding hydrogens is 372 g/mol. The van der Waals surface area contributed by atoms with Crippen molar-refractivity contribution < 1.29 is 4.42 Å². The fourth-order valence-corrected chi connectivity index (χ4v) is 3.08. The molecule has 0 aliphatic heterocycles. The number of anilines is 1. The maximum absolute atomic E-state index is 13.1. The molecule has 0 saturated heterocycles. The summed E-state index contributed by atoms with van der Waals surface area (Å²) in [5.41, 5.74) is 4.55. The number of fused-ring (bicyclic) bond motifs is 1. The molecular formula is C20H20N6O3. The van der Waals surface area contributed by atoms with Crippen LogP contribution in [-0.4, -0.2) is 24.9 Å². The molecule has 1 aromatic carbocycles. The van der Waals surface area contributed by atoms with Crippen LogP contribution in [-0.2, 0) is 20.6 Å². The summed E-state index contributed by atoms with van der Waals surface area (Å²) in [6.45, 7) is 2.17. The van der Waals surface area contributed by atoms with Gasteiger partial charge in [-0.1, -0.05) is 29.8 Å². The molecule has 0 aliphatic carbocycles. The number of nitrogens with zero attached hydrogens (tertiary/aromatic N) is 5. The van der Waals surface area contributed by atoms with Crippen LogP contribution >= 0.6 is 0 Å². The van der Waals surface area contributed by atoms with Crippen LogP contribution in [0.4, 0.5) is 5.95 Å². The Bertz CT molecular complexity index is 1310. The number of aryl methyl sites for hydroxylation is 3. The largest absolute Gasteiger partial charge is 0.463 e. The number of hydrazone groups is 1. The molecule has 0 saturated carbocycles. The van der Waals surface area contributed by atoms with Crippen LogP contribution in [0.15, 0.2) is 61.8 Å². The Hall–Kier alpha value is -3.88. The lowest BCUT2D eigenvalue weighted by Gasteiger charge is -2.09. The van der Waals surface area contributed by atoms with Gasteiger partial charge in [-0.05, 0) is 24.6 Å². The summed E-state index contributed by atoms with van der Waals surface area (Å²) in [6, 6.07) is 11.2. The Morgan fingerprint density at radius 1 is 1.14 bits per heavy atom. The fourth-order valence-electron chi connectivity index (χ4n) is 3.08. The molecule has 4 aromatic rings. The Morgan fingerprint density at radius 2 is 1.90 bits per heavy atom. The van der Waals surface area contributed by atoms with E-state index in [0.29, 0.717) is 22.9 Å². The van der Waals surface area contributed by atoms with Gasteiger partial charge in [0.2, 0.25) is 5.95 Å². The number of nitrogens with one attached hydrogen (secondary N) is 1. The quantitative estimate of drug-likeness (QED) is 0.413. The van der Waals surface area contributed by atoms with E-state index in [4.69, 9.17) is 4.42 Å². The molecule has 0 radical (unpaired) electrons. The van der Waals surface area contributed by atoms with Crippen molar-refractivity contribution in [2.24, 2.45) is 19.2 Å². The van der Waals surface area contributed by atoms with Crippen molar-refractivity contribution in [3.63, 3.8) is 0 Å². The molecule has 0 bridgehead atoms. The Labute approximate surface area is 165 Å². The summed E-state index contributed by atoms with van der Waals surface area (Å²) in [5, 5.41) is 4.07. The summed E-state index contributed by atoms with van der Waals surface area (Å²) in [7, 11) is 3.29. The van der Waals surface area contributed by atoms with Crippen LogP contribution in [0, 0.1) is 6.92 Å². The second-order valence-corrected chi connectivity index (χ2v) is 6.77. The van der Waals surface area contributed by atoms with Crippen molar-refractivity contribution >= 4 is 23.3 Å². The van der Waals surface area contributed by atoms with Crippen molar-refractivity contribution in [1.82, 2.24) is 18.7 Å². The number of imidazole rings is 1. The van der Waals surface area contributed by atoms with Crippen molar-refractivity contribution in [3.05, 3.63) is 80.4 Å². The molecule has 1 N–H and O–H groups in total. The van der Waals surface area contributed by atoms with E-state index < -0.39 is 11.2 Å². The van der Waals surface area contributed by atoms with Gasteiger partial charge < -0.3 is 8.98 Å². The third kappa shape index (κ3) is 3.38. The first kappa shape index (κ1) is 18.5. The van der Waals surface area contributed by atoms with Crippen molar-refractivity contribution in [1.29, 1.82) is 0 Å². The van der Waals surface area contributed by atoms with Gasteiger partial charge in [0.1, 0.15) is 5.76 Å². The predicted molar refractivity (Wildman–Crippen MR) is 110 cm³/mol. The van der Waals surface area contributed by atoms with E-state index in [2.05, 4.69) is 15.5 Å². The van der Waals surface area contributed by atoms with Gasteiger partial charge >= 0.3 is 5.69 Å². The molecule has 0 fully saturated rings. The van der Waals surface area contributed by atoms with E-state index in [1.54, 1.807) is 37.1 Å². The minimum Gasteiger partial charge on any atom is -0.463 e. The maximum atomic E-state index is 13.1. The van der Waals surface area contributed by atoms with Crippen LogP contribution in [0.25, 0.3) is 11.2 Å². The second kappa shape index (κ2) is 7.27. The van der Waals surface area contributed by atoms with Crippen LogP contribution in [0.2, 0.25) is 0 Å². The lowest BCUT2D eigenvalue weighted by Crippen LogP contribution is -2.39. The first-order valence-corrected chi connectivity index (χ1v) is 9.00. The monoisotopic (exact) mass is 392 g/mol. The van der Waals surface area contributed by atoms with Crippen LogP contribution in [0.1, 0.15) is 16.9 Å². The summed E-state index contributed by atoms with van der Waals surface area (Å²) in [4.78, 5) is 30.2. The third-order valence-electron chi connectivity index (χ3n) is 4.72. The van der Waals surface area contributed by atoms with Crippen LogP contribution < -0.4 is 16.7 Å². The summed E-state index contributed by atoms with van der Waals surface area (Å²) in [6.07, 6.45) is 3.04. The average molecular weight is 392 g/mol. The Kier molecular flexibility index (Phi) is 4.63. The van der Waals surface area contributed by atoms with Crippen LogP contribution in [0.5, 0.6) is 0 Å².